The van der Waals surface area contributed by atoms with Gasteiger partial charge in [-0.1, -0.05) is 13.3 Å². The molecular weight excluding hydrogens is 414 g/mol. The molecule has 0 radical (unpaired) electrons. The van der Waals surface area contributed by atoms with Gasteiger partial charge in [0, 0.05) is 12.1 Å². The fourth-order valence-corrected chi connectivity index (χ4v) is 3.69. The van der Waals surface area contributed by atoms with Crippen LogP contribution in [0.25, 0.3) is 5.76 Å². The average molecular weight is 434 g/mol. The zero-order valence-corrected chi connectivity index (χ0v) is 16.7. The van der Waals surface area contributed by atoms with E-state index >= 15 is 0 Å². The first-order valence-corrected chi connectivity index (χ1v) is 9.44. The molecule has 1 aliphatic rings. The number of furan rings is 1. The molecule has 6 nitrogen and oxygen atoms in total. The van der Waals surface area contributed by atoms with E-state index in [1.54, 1.807) is 30.3 Å². The SMILES string of the molecule is CCCCN1C(=O)C(=O)/C(=C(\O)c2ccc(OC)c(Br)c2)C1c1ccco1. The van der Waals surface area contributed by atoms with Crippen LogP contribution in [0.3, 0.4) is 0 Å². The number of carbonyl (C=O) groups is 2. The number of hydrogen-bond donors (Lipinski definition) is 1. The molecule has 142 valence electrons. The van der Waals surface area contributed by atoms with Crippen LogP contribution in [0.15, 0.2) is 51.1 Å². The molecule has 1 aliphatic heterocycles. The van der Waals surface area contributed by atoms with Crippen molar-refractivity contribution in [2.45, 2.75) is 25.8 Å². The van der Waals surface area contributed by atoms with Gasteiger partial charge in [0.2, 0.25) is 0 Å². The van der Waals surface area contributed by atoms with Gasteiger partial charge in [-0.3, -0.25) is 9.59 Å². The highest BCUT2D eigenvalue weighted by molar-refractivity contribution is 9.10. The summed E-state index contributed by atoms with van der Waals surface area (Å²) < 4.78 is 11.3. The van der Waals surface area contributed by atoms with Gasteiger partial charge in [0.05, 0.1) is 23.4 Å². The Labute approximate surface area is 165 Å². The zero-order valence-electron chi connectivity index (χ0n) is 15.1. The minimum absolute atomic E-state index is 0.0307. The van der Waals surface area contributed by atoms with E-state index < -0.39 is 17.7 Å². The summed E-state index contributed by atoms with van der Waals surface area (Å²) in [5.74, 6) is -0.537. The van der Waals surface area contributed by atoms with Crippen LogP contribution in [0.2, 0.25) is 0 Å². The molecule has 7 heteroatoms. The predicted molar refractivity (Wildman–Crippen MR) is 103 cm³/mol. The Kier molecular flexibility index (Phi) is 5.70. The molecule has 2 heterocycles. The summed E-state index contributed by atoms with van der Waals surface area (Å²) in [6.07, 6.45) is 3.11. The smallest absolute Gasteiger partial charge is 0.295 e. The van der Waals surface area contributed by atoms with Gasteiger partial charge < -0.3 is 19.2 Å². The van der Waals surface area contributed by atoms with Crippen LogP contribution < -0.4 is 4.74 Å². The normalized spacial score (nSPS) is 18.9. The maximum atomic E-state index is 12.7. The van der Waals surface area contributed by atoms with Gasteiger partial charge in [-0.05, 0) is 52.7 Å². The van der Waals surface area contributed by atoms with Crippen LogP contribution in [0.5, 0.6) is 5.75 Å². The van der Waals surface area contributed by atoms with Crippen LogP contribution in [-0.2, 0) is 9.59 Å². The summed E-state index contributed by atoms with van der Waals surface area (Å²) in [4.78, 5) is 26.8. The molecule has 1 saturated heterocycles. The molecule has 2 aromatic rings. The number of unbranched alkanes of at least 4 members (excludes halogenated alkanes) is 1. The van der Waals surface area contributed by atoms with Crippen molar-refractivity contribution in [2.24, 2.45) is 0 Å². The molecule has 1 fully saturated rings. The fraction of sp³-hybridized carbons (Fsp3) is 0.300. The Balaban J connectivity index is 2.12. The number of aliphatic hydroxyl groups excluding tert-OH is 1. The first-order chi connectivity index (χ1) is 13.0. The summed E-state index contributed by atoms with van der Waals surface area (Å²) >= 11 is 3.37. The van der Waals surface area contributed by atoms with Gasteiger partial charge >= 0.3 is 0 Å². The maximum Gasteiger partial charge on any atom is 0.295 e. The van der Waals surface area contributed by atoms with E-state index in [1.807, 2.05) is 6.92 Å². The van der Waals surface area contributed by atoms with Crippen molar-refractivity contribution >= 4 is 33.4 Å². The fourth-order valence-electron chi connectivity index (χ4n) is 3.15. The number of likely N-dealkylation sites (tertiary alicyclic amines) is 1. The van der Waals surface area contributed by atoms with Gasteiger partial charge in [-0.15, -0.1) is 0 Å². The molecule has 1 unspecified atom stereocenters. The minimum Gasteiger partial charge on any atom is -0.507 e. The third kappa shape index (κ3) is 3.51. The number of carbonyl (C=O) groups excluding carboxylic acids is 2. The number of benzene rings is 1. The number of hydrogen-bond acceptors (Lipinski definition) is 5. The Hall–Kier alpha value is -2.54. The molecule has 1 aromatic carbocycles. The van der Waals surface area contributed by atoms with Crippen LogP contribution in [-0.4, -0.2) is 35.4 Å². The Morgan fingerprint density at radius 1 is 1.33 bits per heavy atom. The monoisotopic (exact) mass is 433 g/mol. The summed E-state index contributed by atoms with van der Waals surface area (Å²) in [6, 6.07) is 7.61. The molecule has 1 aromatic heterocycles. The molecule has 0 aliphatic carbocycles. The van der Waals surface area contributed by atoms with Crippen molar-refractivity contribution in [1.82, 2.24) is 4.90 Å². The van der Waals surface area contributed by atoms with Crippen molar-refractivity contribution < 1.29 is 23.8 Å². The van der Waals surface area contributed by atoms with Crippen molar-refractivity contribution in [1.29, 1.82) is 0 Å². The van der Waals surface area contributed by atoms with Crippen molar-refractivity contribution in [3.8, 4) is 5.75 Å². The molecule has 1 amide bonds. The third-order valence-electron chi connectivity index (χ3n) is 4.53. The van der Waals surface area contributed by atoms with E-state index in [-0.39, 0.29) is 11.3 Å². The highest BCUT2D eigenvalue weighted by Gasteiger charge is 2.47. The van der Waals surface area contributed by atoms with Crippen molar-refractivity contribution in [3.05, 3.63) is 58.0 Å². The standard InChI is InChI=1S/C20H20BrNO5/c1-3-4-9-22-17(15-6-5-10-27-15)16(19(24)20(22)25)18(23)12-7-8-14(26-2)13(21)11-12/h5-8,10-11,17,23H,3-4,9H2,1-2H3/b18-16-. The molecule has 0 saturated carbocycles. The van der Waals surface area contributed by atoms with E-state index in [9.17, 15) is 14.7 Å². The quantitative estimate of drug-likeness (QED) is 0.417. The van der Waals surface area contributed by atoms with E-state index in [2.05, 4.69) is 15.9 Å². The number of ether oxygens (including phenoxy) is 1. The zero-order chi connectivity index (χ0) is 19.6. The second-order valence-electron chi connectivity index (χ2n) is 6.21. The number of methoxy groups -OCH3 is 1. The number of amides is 1. The Morgan fingerprint density at radius 2 is 2.11 bits per heavy atom. The Bertz CT molecular complexity index is 888. The van der Waals surface area contributed by atoms with Crippen LogP contribution in [0.1, 0.15) is 37.1 Å². The first-order valence-electron chi connectivity index (χ1n) is 8.65. The lowest BCUT2D eigenvalue weighted by Gasteiger charge is -2.23. The number of rotatable bonds is 6. The number of Topliss-reactive ketones (excluding diaryl/α,β-unsaturated/α-hetero) is 1. The van der Waals surface area contributed by atoms with Gasteiger partial charge in [0.25, 0.3) is 11.7 Å². The van der Waals surface area contributed by atoms with E-state index in [0.717, 1.165) is 12.8 Å². The van der Waals surface area contributed by atoms with E-state index in [4.69, 9.17) is 9.15 Å². The highest BCUT2D eigenvalue weighted by Crippen LogP contribution is 2.40. The van der Waals surface area contributed by atoms with Gasteiger partial charge in [0.15, 0.2) is 0 Å². The highest BCUT2D eigenvalue weighted by atomic mass is 79.9. The van der Waals surface area contributed by atoms with E-state index in [1.165, 1.54) is 18.3 Å². The lowest BCUT2D eigenvalue weighted by molar-refractivity contribution is -0.140. The number of nitrogens with zero attached hydrogens (tertiary/aromatic N) is 1. The predicted octanol–water partition coefficient (Wildman–Crippen LogP) is 4.27. The largest absolute Gasteiger partial charge is 0.507 e. The number of ketones is 1. The van der Waals surface area contributed by atoms with Crippen LogP contribution >= 0.6 is 15.9 Å². The summed E-state index contributed by atoms with van der Waals surface area (Å²) in [7, 11) is 1.54. The summed E-state index contributed by atoms with van der Waals surface area (Å²) in [6.45, 7) is 2.42. The van der Waals surface area contributed by atoms with Gasteiger partial charge in [-0.2, -0.15) is 0 Å². The molecule has 3 rings (SSSR count). The van der Waals surface area contributed by atoms with Crippen LogP contribution in [0, 0.1) is 0 Å². The lowest BCUT2D eigenvalue weighted by atomic mass is 9.99. The molecule has 1 N–H and O–H groups in total. The molecule has 27 heavy (non-hydrogen) atoms. The van der Waals surface area contributed by atoms with E-state index in [0.29, 0.717) is 28.1 Å². The number of aliphatic hydroxyl groups is 1. The molecule has 0 spiro atoms. The maximum absolute atomic E-state index is 12.7. The molecule has 1 atom stereocenters. The van der Waals surface area contributed by atoms with Gasteiger partial charge in [-0.25, -0.2) is 0 Å². The summed E-state index contributed by atoms with van der Waals surface area (Å²) in [5, 5.41) is 10.9. The number of halogens is 1. The topological polar surface area (TPSA) is 80.0 Å². The second kappa shape index (κ2) is 8.00. The van der Waals surface area contributed by atoms with Gasteiger partial charge in [0.1, 0.15) is 23.3 Å². The van der Waals surface area contributed by atoms with Crippen molar-refractivity contribution in [2.75, 3.05) is 13.7 Å². The molecular formula is C20H20BrNO5. The minimum atomic E-state index is -0.743. The van der Waals surface area contributed by atoms with Crippen LogP contribution in [0.4, 0.5) is 0 Å². The molecule has 0 bridgehead atoms. The lowest BCUT2D eigenvalue weighted by Crippen LogP contribution is -2.30. The average Bonchev–Trinajstić information content (AvgIpc) is 3.27. The third-order valence-corrected chi connectivity index (χ3v) is 5.15. The Morgan fingerprint density at radius 3 is 2.70 bits per heavy atom. The summed E-state index contributed by atoms with van der Waals surface area (Å²) in [5.41, 5.74) is 0.441. The second-order valence-corrected chi connectivity index (χ2v) is 7.07. The first kappa shape index (κ1) is 19.2. The van der Waals surface area contributed by atoms with Crippen molar-refractivity contribution in [3.63, 3.8) is 0 Å².